The van der Waals surface area contributed by atoms with Crippen molar-refractivity contribution in [2.24, 2.45) is 5.73 Å². The molecule has 0 aliphatic carbocycles. The van der Waals surface area contributed by atoms with Crippen LogP contribution in [-0.2, 0) is 10.0 Å². The Bertz CT molecular complexity index is 886. The van der Waals surface area contributed by atoms with Crippen molar-refractivity contribution in [2.75, 3.05) is 12.4 Å². The molecule has 2 rings (SSSR count). The fourth-order valence-corrected chi connectivity index (χ4v) is 4.15. The van der Waals surface area contributed by atoms with E-state index in [0.29, 0.717) is 5.00 Å². The number of hydrogen-bond acceptors (Lipinski definition) is 5. The Kier molecular flexibility index (Phi) is 5.61. The number of benzene rings is 1. The molecule has 0 bridgehead atoms. The topological polar surface area (TPSA) is 110 Å². The average molecular weight is 381 g/mol. The average Bonchev–Trinajstić information content (AvgIpc) is 3.02. The third-order valence-corrected chi connectivity index (χ3v) is 6.56. The number of nitrogens with two attached hydrogens (primary N) is 1. The fraction of sp³-hybridized carbons (Fsp3) is 0.250. The van der Waals surface area contributed by atoms with Gasteiger partial charge in [0.25, 0.3) is 11.8 Å². The van der Waals surface area contributed by atoms with Gasteiger partial charge in [0.1, 0.15) is 5.00 Å². The number of primary amides is 1. The van der Waals surface area contributed by atoms with Crippen molar-refractivity contribution in [3.05, 3.63) is 46.8 Å². The summed E-state index contributed by atoms with van der Waals surface area (Å²) in [5.41, 5.74) is 5.74. The van der Waals surface area contributed by atoms with Crippen molar-refractivity contribution in [1.29, 1.82) is 0 Å². The predicted octanol–water partition coefficient (Wildman–Crippen LogP) is 2.13. The summed E-state index contributed by atoms with van der Waals surface area (Å²) in [6, 6.07) is 6.96. The van der Waals surface area contributed by atoms with Crippen molar-refractivity contribution < 1.29 is 18.0 Å². The van der Waals surface area contributed by atoms with Gasteiger partial charge >= 0.3 is 0 Å². The summed E-state index contributed by atoms with van der Waals surface area (Å²) in [6.07, 6.45) is 0. The summed E-state index contributed by atoms with van der Waals surface area (Å²) in [5, 5.41) is 4.61. The van der Waals surface area contributed by atoms with Gasteiger partial charge < -0.3 is 11.1 Å². The zero-order valence-electron chi connectivity index (χ0n) is 14.0. The number of nitrogens with one attached hydrogen (secondary N) is 1. The fourth-order valence-electron chi connectivity index (χ4n) is 2.00. The van der Waals surface area contributed by atoms with Gasteiger partial charge in [-0.05, 0) is 49.6 Å². The van der Waals surface area contributed by atoms with Crippen LogP contribution in [0.5, 0.6) is 0 Å². The van der Waals surface area contributed by atoms with Gasteiger partial charge in [0.15, 0.2) is 0 Å². The summed E-state index contributed by atoms with van der Waals surface area (Å²) in [5.74, 6) is -1.08. The first-order valence-corrected chi connectivity index (χ1v) is 9.73. The normalized spacial score (nSPS) is 11.7. The van der Waals surface area contributed by atoms with Gasteiger partial charge in [0.05, 0.1) is 10.5 Å². The highest BCUT2D eigenvalue weighted by Crippen LogP contribution is 2.24. The third kappa shape index (κ3) is 4.06. The van der Waals surface area contributed by atoms with E-state index in [-0.39, 0.29) is 22.1 Å². The number of nitrogens with zero attached hydrogens (tertiary/aromatic N) is 1. The molecule has 2 aromatic rings. The van der Waals surface area contributed by atoms with Crippen LogP contribution in [0.3, 0.4) is 0 Å². The minimum atomic E-state index is -3.61. The molecule has 0 saturated heterocycles. The zero-order chi connectivity index (χ0) is 18.8. The van der Waals surface area contributed by atoms with Crippen molar-refractivity contribution in [3.63, 3.8) is 0 Å². The van der Waals surface area contributed by atoms with E-state index in [4.69, 9.17) is 5.73 Å². The summed E-state index contributed by atoms with van der Waals surface area (Å²) < 4.78 is 26.1. The van der Waals surface area contributed by atoms with Crippen LogP contribution >= 0.6 is 11.3 Å². The predicted molar refractivity (Wildman–Crippen MR) is 97.3 cm³/mol. The lowest BCUT2D eigenvalue weighted by molar-refractivity contribution is 0.100. The Labute approximate surface area is 150 Å². The highest BCUT2D eigenvalue weighted by atomic mass is 32.2. The van der Waals surface area contributed by atoms with Crippen molar-refractivity contribution >= 4 is 38.2 Å². The van der Waals surface area contributed by atoms with Crippen molar-refractivity contribution in [2.45, 2.75) is 24.8 Å². The molecule has 0 radical (unpaired) electrons. The number of anilines is 1. The second-order valence-corrected chi connectivity index (χ2v) is 8.53. The first-order valence-electron chi connectivity index (χ1n) is 7.41. The number of amides is 2. The van der Waals surface area contributed by atoms with Crippen LogP contribution < -0.4 is 11.1 Å². The summed E-state index contributed by atoms with van der Waals surface area (Å²) >= 11 is 1.18. The maximum atomic E-state index is 12.4. The minimum absolute atomic E-state index is 0.106. The number of hydrogen-bond donors (Lipinski definition) is 2. The van der Waals surface area contributed by atoms with Crippen LogP contribution in [-0.4, -0.2) is 37.6 Å². The maximum absolute atomic E-state index is 12.4. The minimum Gasteiger partial charge on any atom is -0.366 e. The zero-order valence-corrected chi connectivity index (χ0v) is 15.6. The largest absolute Gasteiger partial charge is 0.366 e. The lowest BCUT2D eigenvalue weighted by atomic mass is 10.2. The molecule has 134 valence electrons. The number of thiophene rings is 1. The molecule has 1 aromatic carbocycles. The Morgan fingerprint density at radius 1 is 1.16 bits per heavy atom. The molecule has 0 spiro atoms. The maximum Gasteiger partial charge on any atom is 0.256 e. The molecule has 0 atom stereocenters. The molecule has 9 heteroatoms. The van der Waals surface area contributed by atoms with E-state index in [1.807, 2.05) is 0 Å². The van der Waals surface area contributed by atoms with E-state index < -0.39 is 21.8 Å². The molecular formula is C16H19N3O4S2. The third-order valence-electron chi connectivity index (χ3n) is 3.68. The number of sulfonamides is 1. The second kappa shape index (κ2) is 7.34. The standard InChI is InChI=1S/C16H19N3O4S2/c1-10(2)19(3)25(22,23)12-6-4-11(5-7-12)15(21)18-16-13(14(17)20)8-9-24-16/h4-10H,1-3H3,(H2,17,20)(H,18,21). The Balaban J connectivity index is 2.21. The summed E-state index contributed by atoms with van der Waals surface area (Å²) in [6.45, 7) is 3.55. The van der Waals surface area contributed by atoms with Gasteiger partial charge in [0.2, 0.25) is 10.0 Å². The van der Waals surface area contributed by atoms with Gasteiger partial charge in [-0.25, -0.2) is 8.42 Å². The van der Waals surface area contributed by atoms with E-state index in [9.17, 15) is 18.0 Å². The molecule has 1 heterocycles. The summed E-state index contributed by atoms with van der Waals surface area (Å²) in [4.78, 5) is 23.7. The molecule has 7 nitrogen and oxygen atoms in total. The van der Waals surface area contributed by atoms with Crippen LogP contribution in [0.25, 0.3) is 0 Å². The first-order chi connectivity index (χ1) is 11.6. The van der Waals surface area contributed by atoms with Crippen LogP contribution in [0.4, 0.5) is 5.00 Å². The Morgan fingerprint density at radius 2 is 1.76 bits per heavy atom. The Hall–Kier alpha value is -2.23. The van der Waals surface area contributed by atoms with E-state index in [1.165, 1.54) is 53.0 Å². The van der Waals surface area contributed by atoms with Crippen LogP contribution in [0.15, 0.2) is 40.6 Å². The highest BCUT2D eigenvalue weighted by molar-refractivity contribution is 7.89. The molecule has 25 heavy (non-hydrogen) atoms. The lowest BCUT2D eigenvalue weighted by Gasteiger charge is -2.21. The second-order valence-electron chi connectivity index (χ2n) is 5.62. The Morgan fingerprint density at radius 3 is 2.28 bits per heavy atom. The van der Waals surface area contributed by atoms with Crippen LogP contribution in [0.2, 0.25) is 0 Å². The molecule has 1 aromatic heterocycles. The molecule has 2 amide bonds. The molecular weight excluding hydrogens is 362 g/mol. The quantitative estimate of drug-likeness (QED) is 0.798. The van der Waals surface area contributed by atoms with Gasteiger partial charge in [-0.15, -0.1) is 11.3 Å². The molecule has 0 unspecified atom stereocenters. The van der Waals surface area contributed by atoms with E-state index in [0.717, 1.165) is 0 Å². The van der Waals surface area contributed by atoms with Gasteiger partial charge in [-0.1, -0.05) is 0 Å². The molecule has 0 aliphatic rings. The SMILES string of the molecule is CC(C)N(C)S(=O)(=O)c1ccc(C(=O)Nc2sccc2C(N)=O)cc1. The molecule has 0 aliphatic heterocycles. The van der Waals surface area contributed by atoms with Crippen molar-refractivity contribution in [3.8, 4) is 0 Å². The van der Waals surface area contributed by atoms with Crippen molar-refractivity contribution in [1.82, 2.24) is 4.31 Å². The first kappa shape index (κ1) is 19.1. The van der Waals surface area contributed by atoms with E-state index >= 15 is 0 Å². The number of carbonyl (C=O) groups is 2. The van der Waals surface area contributed by atoms with Crippen LogP contribution in [0, 0.1) is 0 Å². The summed E-state index contributed by atoms with van der Waals surface area (Å²) in [7, 11) is -2.10. The molecule has 0 fully saturated rings. The van der Waals surface area contributed by atoms with Gasteiger partial charge in [0, 0.05) is 18.7 Å². The lowest BCUT2D eigenvalue weighted by Crippen LogP contribution is -2.33. The molecule has 3 N–H and O–H groups in total. The smallest absolute Gasteiger partial charge is 0.256 e. The highest BCUT2D eigenvalue weighted by Gasteiger charge is 2.23. The van der Waals surface area contributed by atoms with Gasteiger partial charge in [-0.3, -0.25) is 9.59 Å². The van der Waals surface area contributed by atoms with Crippen LogP contribution in [0.1, 0.15) is 34.6 Å². The monoisotopic (exact) mass is 381 g/mol. The van der Waals surface area contributed by atoms with E-state index in [2.05, 4.69) is 5.32 Å². The number of rotatable bonds is 6. The number of carbonyl (C=O) groups excluding carboxylic acids is 2. The van der Waals surface area contributed by atoms with E-state index in [1.54, 1.807) is 19.2 Å². The van der Waals surface area contributed by atoms with Gasteiger partial charge in [-0.2, -0.15) is 4.31 Å². The molecule has 0 saturated carbocycles.